The predicted octanol–water partition coefficient (Wildman–Crippen LogP) is 5.85. The molecule has 0 spiro atoms. The fourth-order valence-corrected chi connectivity index (χ4v) is 6.94. The highest BCUT2D eigenvalue weighted by Gasteiger charge is 2.38. The van der Waals surface area contributed by atoms with Crippen molar-refractivity contribution in [2.24, 2.45) is 5.92 Å². The zero-order valence-corrected chi connectivity index (χ0v) is 33.7. The van der Waals surface area contributed by atoms with E-state index in [1.807, 2.05) is 56.3 Å². The second kappa shape index (κ2) is 20.3. The van der Waals surface area contributed by atoms with Crippen molar-refractivity contribution in [1.82, 2.24) is 40.4 Å². The number of aromatic nitrogens is 4. The lowest BCUT2D eigenvalue weighted by atomic mass is 10.0. The van der Waals surface area contributed by atoms with Crippen LogP contribution in [0.2, 0.25) is 0 Å². The molecule has 0 saturated carbocycles. The number of carbonyl (C=O) groups is 4. The Morgan fingerprint density at radius 2 is 1.33 bits per heavy atom. The molecule has 16 heteroatoms. The summed E-state index contributed by atoms with van der Waals surface area (Å²) in [5.41, 5.74) is 3.74. The zero-order chi connectivity index (χ0) is 38.9. The van der Waals surface area contributed by atoms with Crippen molar-refractivity contribution in [2.75, 3.05) is 27.3 Å². The van der Waals surface area contributed by atoms with Gasteiger partial charge in [0.2, 0.25) is 5.91 Å². The summed E-state index contributed by atoms with van der Waals surface area (Å²) in [6.07, 6.45) is 5.17. The number of alkyl carbamates (subject to hydrolysis) is 2. The number of rotatable bonds is 9. The maximum absolute atomic E-state index is 13.7. The number of imidazole rings is 2. The predicted molar refractivity (Wildman–Crippen MR) is 217 cm³/mol. The van der Waals surface area contributed by atoms with Gasteiger partial charge in [-0.2, -0.15) is 0 Å². The quantitative estimate of drug-likeness (QED) is 0.152. The first-order chi connectivity index (χ1) is 26.7. The second-order valence-corrected chi connectivity index (χ2v) is 13.7. The van der Waals surface area contributed by atoms with Gasteiger partial charge in [0.1, 0.15) is 29.4 Å². The summed E-state index contributed by atoms with van der Waals surface area (Å²) in [4.78, 5) is 70.5. The maximum Gasteiger partial charge on any atom is 0.407 e. The second-order valence-electron chi connectivity index (χ2n) is 13.7. The standard InChI is InChI=1S/C41H44N8O6.2ClH/c1-26(2)34(46-40(52)54-3)38(50)48-22-11-17-33(48)37-43-25-31(45-37)28-20-18-27(19-21-28)12-8-9-15-30-24-42-36(44-30)32-16-10-23-49(32)39(51)35(47-41(53)55-4)29-13-6-5-7-14-29;;/h5-7,13-14,18-21,24-26,32-35H,10-11,16-17,22-23H2,1-4H3,(H,42,44)(H,43,45)(H,46,52)(H,47,53);2*1H/t32-,33-,34-,35-;;/m0../s1. The Morgan fingerprint density at radius 3 is 1.96 bits per heavy atom. The molecular formula is C41H46Cl2N8O6. The van der Waals surface area contributed by atoms with E-state index in [4.69, 9.17) is 9.47 Å². The summed E-state index contributed by atoms with van der Waals surface area (Å²) in [6.45, 7) is 4.88. The van der Waals surface area contributed by atoms with E-state index in [-0.39, 0.29) is 54.6 Å². The average molecular weight is 818 g/mol. The van der Waals surface area contributed by atoms with E-state index in [0.717, 1.165) is 42.5 Å². The van der Waals surface area contributed by atoms with Gasteiger partial charge >= 0.3 is 12.2 Å². The van der Waals surface area contributed by atoms with Crippen molar-refractivity contribution in [3.8, 4) is 34.9 Å². The van der Waals surface area contributed by atoms with E-state index in [1.54, 1.807) is 34.3 Å². The number of hydrogen-bond acceptors (Lipinski definition) is 8. The first kappa shape index (κ1) is 43.8. The molecule has 2 saturated heterocycles. The summed E-state index contributed by atoms with van der Waals surface area (Å²) in [5, 5.41) is 5.35. The molecular weight excluding hydrogens is 771 g/mol. The van der Waals surface area contributed by atoms with Crippen LogP contribution in [0.5, 0.6) is 0 Å². The Kier molecular flexibility index (Phi) is 15.6. The fraction of sp³-hybridized carbons (Fsp3) is 0.366. The number of carbonyl (C=O) groups excluding carboxylic acids is 4. The van der Waals surface area contributed by atoms with Crippen molar-refractivity contribution in [3.63, 3.8) is 0 Å². The lowest BCUT2D eigenvalue weighted by molar-refractivity contribution is -0.135. The van der Waals surface area contributed by atoms with E-state index in [9.17, 15) is 19.2 Å². The van der Waals surface area contributed by atoms with Crippen LogP contribution >= 0.6 is 24.8 Å². The minimum Gasteiger partial charge on any atom is -0.453 e. The maximum atomic E-state index is 13.7. The van der Waals surface area contributed by atoms with E-state index < -0.39 is 24.3 Å². The molecule has 4 atom stereocenters. The minimum atomic E-state index is -0.897. The number of benzene rings is 2. The Balaban J connectivity index is 0.00000360. The molecule has 2 aliphatic heterocycles. The first-order valence-corrected chi connectivity index (χ1v) is 18.2. The minimum absolute atomic E-state index is 0. The average Bonchev–Trinajstić information content (AvgIpc) is 4.04. The van der Waals surface area contributed by atoms with Crippen molar-refractivity contribution in [1.29, 1.82) is 0 Å². The lowest BCUT2D eigenvalue weighted by Gasteiger charge is -2.30. The van der Waals surface area contributed by atoms with E-state index in [1.165, 1.54) is 14.2 Å². The Labute approximate surface area is 344 Å². The van der Waals surface area contributed by atoms with Gasteiger partial charge in [0.25, 0.3) is 5.91 Å². The Bertz CT molecular complexity index is 2130. The van der Waals surface area contributed by atoms with Crippen LogP contribution in [-0.2, 0) is 19.1 Å². The van der Waals surface area contributed by atoms with Gasteiger partial charge < -0.3 is 39.9 Å². The molecule has 2 aliphatic rings. The fourth-order valence-electron chi connectivity index (χ4n) is 6.94. The van der Waals surface area contributed by atoms with E-state index in [2.05, 4.69) is 54.3 Å². The number of hydrogen-bond donors (Lipinski definition) is 4. The molecule has 14 nitrogen and oxygen atoms in total. The third-order valence-corrected chi connectivity index (χ3v) is 9.78. The first-order valence-electron chi connectivity index (χ1n) is 18.2. The molecule has 2 aromatic carbocycles. The van der Waals surface area contributed by atoms with Crippen molar-refractivity contribution in [3.05, 3.63) is 95.5 Å². The number of nitrogens with zero attached hydrogens (tertiary/aromatic N) is 4. The molecule has 4 heterocycles. The lowest BCUT2D eigenvalue weighted by Crippen LogP contribution is -2.51. The van der Waals surface area contributed by atoms with E-state index in [0.29, 0.717) is 36.0 Å². The molecule has 4 N–H and O–H groups in total. The Morgan fingerprint density at radius 1 is 0.754 bits per heavy atom. The van der Waals surface area contributed by atoms with Crippen molar-refractivity contribution in [2.45, 2.75) is 63.7 Å². The van der Waals surface area contributed by atoms with Gasteiger partial charge in [0.15, 0.2) is 0 Å². The van der Waals surface area contributed by atoms with Gasteiger partial charge in [-0.3, -0.25) is 9.59 Å². The molecule has 4 aromatic rings. The number of aromatic amines is 2. The van der Waals surface area contributed by atoms with Crippen LogP contribution in [0.4, 0.5) is 9.59 Å². The molecule has 6 rings (SSSR count). The number of likely N-dealkylation sites (tertiary alicyclic amines) is 2. The highest BCUT2D eigenvalue weighted by atomic mass is 35.5. The van der Waals surface area contributed by atoms with E-state index >= 15 is 0 Å². The van der Waals surface area contributed by atoms with Crippen LogP contribution in [-0.4, -0.2) is 87.1 Å². The molecule has 2 aromatic heterocycles. The number of ether oxygens (including phenoxy) is 2. The normalized spacial score (nSPS) is 16.7. The SMILES string of the molecule is COC(=O)N[C@H](C(=O)N1CCC[C@H]1c1ncc(C#CC#Cc2ccc(-c3cnc([C@@H]4CCCN4C(=O)[C@@H](NC(=O)OC)C(C)C)[nH]3)cc2)[nH]1)c1ccccc1.Cl.Cl. The largest absolute Gasteiger partial charge is 0.453 e. The summed E-state index contributed by atoms with van der Waals surface area (Å²) < 4.78 is 9.52. The topological polar surface area (TPSA) is 175 Å². The molecule has 0 bridgehead atoms. The van der Waals surface area contributed by atoms with Gasteiger partial charge in [-0.1, -0.05) is 62.2 Å². The molecule has 300 valence electrons. The number of H-pyrrole nitrogens is 2. The number of halogens is 2. The molecule has 0 unspecified atom stereocenters. The van der Waals surface area contributed by atoms with Crippen LogP contribution < -0.4 is 10.6 Å². The highest BCUT2D eigenvalue weighted by Crippen LogP contribution is 2.34. The molecule has 0 radical (unpaired) electrons. The van der Waals surface area contributed by atoms with Gasteiger partial charge in [0, 0.05) is 18.7 Å². The van der Waals surface area contributed by atoms with Crippen molar-refractivity contribution < 1.29 is 28.7 Å². The van der Waals surface area contributed by atoms with Crippen LogP contribution in [0.25, 0.3) is 11.3 Å². The molecule has 4 amide bonds. The number of amides is 4. The third kappa shape index (κ3) is 10.5. The van der Waals surface area contributed by atoms with Gasteiger partial charge in [-0.05, 0) is 72.6 Å². The zero-order valence-electron chi connectivity index (χ0n) is 32.0. The highest BCUT2D eigenvalue weighted by molar-refractivity contribution is 5.88. The third-order valence-electron chi connectivity index (χ3n) is 9.78. The number of nitrogens with one attached hydrogen (secondary N) is 4. The van der Waals surface area contributed by atoms with Crippen LogP contribution in [0, 0.1) is 29.6 Å². The summed E-state index contributed by atoms with van der Waals surface area (Å²) in [5.74, 6) is 12.6. The molecule has 57 heavy (non-hydrogen) atoms. The van der Waals surface area contributed by atoms with Gasteiger partial charge in [0.05, 0.1) is 44.4 Å². The van der Waals surface area contributed by atoms with Gasteiger partial charge in [-0.25, -0.2) is 19.6 Å². The monoisotopic (exact) mass is 816 g/mol. The molecule has 2 fully saturated rings. The van der Waals surface area contributed by atoms with Gasteiger partial charge in [-0.15, -0.1) is 24.8 Å². The van der Waals surface area contributed by atoms with Crippen LogP contribution in [0.1, 0.15) is 86.1 Å². The summed E-state index contributed by atoms with van der Waals surface area (Å²) in [6, 6.07) is 14.7. The number of methoxy groups -OCH3 is 2. The summed E-state index contributed by atoms with van der Waals surface area (Å²) >= 11 is 0. The smallest absolute Gasteiger partial charge is 0.407 e. The van der Waals surface area contributed by atoms with Crippen LogP contribution in [0.15, 0.2) is 67.0 Å². The summed E-state index contributed by atoms with van der Waals surface area (Å²) in [7, 11) is 2.54. The van der Waals surface area contributed by atoms with Crippen molar-refractivity contribution >= 4 is 48.8 Å². The van der Waals surface area contributed by atoms with Crippen LogP contribution in [0.3, 0.4) is 0 Å². The molecule has 0 aliphatic carbocycles. The Hall–Kier alpha value is -5.96.